The van der Waals surface area contributed by atoms with E-state index < -0.39 is 15.8 Å². The van der Waals surface area contributed by atoms with Gasteiger partial charge in [0.2, 0.25) is 5.91 Å². The van der Waals surface area contributed by atoms with Gasteiger partial charge in [-0.2, -0.15) is 0 Å². The molecule has 1 aliphatic rings. The zero-order chi connectivity index (χ0) is 13.2. The maximum absolute atomic E-state index is 12.9. The summed E-state index contributed by atoms with van der Waals surface area (Å²) in [5, 5.41) is 2.64. The highest BCUT2D eigenvalue weighted by Crippen LogP contribution is 2.18. The van der Waals surface area contributed by atoms with Gasteiger partial charge in [0.25, 0.3) is 0 Å². The molecule has 6 heteroatoms. The van der Waals surface area contributed by atoms with E-state index in [0.29, 0.717) is 12.0 Å². The van der Waals surface area contributed by atoms with Crippen molar-refractivity contribution in [1.82, 2.24) is 5.32 Å². The van der Waals surface area contributed by atoms with E-state index in [9.17, 15) is 17.6 Å². The minimum atomic E-state index is -3.05. The first-order valence-electron chi connectivity index (χ1n) is 5.69. The van der Waals surface area contributed by atoms with Gasteiger partial charge in [-0.05, 0) is 24.1 Å². The zero-order valence-electron chi connectivity index (χ0n) is 9.73. The molecule has 0 bridgehead atoms. The Hall–Kier alpha value is -1.43. The first-order chi connectivity index (χ1) is 8.46. The standard InChI is InChI=1S/C12H14FNO3S/c13-11-3-1-2-9(6-11)7-14-12(15)10-4-5-18(16,17)8-10/h1-3,6,10H,4-5,7-8H2,(H,14,15). The Labute approximate surface area is 105 Å². The third-order valence-electron chi connectivity index (χ3n) is 2.96. The SMILES string of the molecule is O=C(NCc1cccc(F)c1)C1CCS(=O)(=O)C1. The fourth-order valence-corrected chi connectivity index (χ4v) is 3.72. The van der Waals surface area contributed by atoms with Crippen LogP contribution in [0.5, 0.6) is 0 Å². The third-order valence-corrected chi connectivity index (χ3v) is 4.73. The predicted molar refractivity (Wildman–Crippen MR) is 65.0 cm³/mol. The van der Waals surface area contributed by atoms with Gasteiger partial charge in [-0.3, -0.25) is 4.79 Å². The van der Waals surface area contributed by atoms with Crippen molar-refractivity contribution in [3.63, 3.8) is 0 Å². The molecule has 98 valence electrons. The summed E-state index contributed by atoms with van der Waals surface area (Å²) in [5.41, 5.74) is 0.657. The summed E-state index contributed by atoms with van der Waals surface area (Å²) in [6.45, 7) is 0.215. The molecule has 1 unspecified atom stereocenters. The van der Waals surface area contributed by atoms with Crippen molar-refractivity contribution < 1.29 is 17.6 Å². The molecule has 1 aromatic rings. The molecule has 1 saturated heterocycles. The molecule has 1 heterocycles. The Morgan fingerprint density at radius 3 is 2.83 bits per heavy atom. The van der Waals surface area contributed by atoms with E-state index in [1.54, 1.807) is 12.1 Å². The molecule has 1 aliphatic heterocycles. The summed E-state index contributed by atoms with van der Waals surface area (Å²) in [6.07, 6.45) is 0.372. The fraction of sp³-hybridized carbons (Fsp3) is 0.417. The minimum Gasteiger partial charge on any atom is -0.352 e. The lowest BCUT2D eigenvalue weighted by atomic mass is 10.1. The fourth-order valence-electron chi connectivity index (χ4n) is 1.98. The van der Waals surface area contributed by atoms with Crippen molar-refractivity contribution in [2.24, 2.45) is 5.92 Å². The van der Waals surface area contributed by atoms with E-state index in [2.05, 4.69) is 5.32 Å². The Morgan fingerprint density at radius 2 is 2.22 bits per heavy atom. The van der Waals surface area contributed by atoms with Crippen molar-refractivity contribution in [1.29, 1.82) is 0 Å². The molecule has 1 fully saturated rings. The van der Waals surface area contributed by atoms with Gasteiger partial charge >= 0.3 is 0 Å². The van der Waals surface area contributed by atoms with Gasteiger partial charge < -0.3 is 5.32 Å². The van der Waals surface area contributed by atoms with Crippen molar-refractivity contribution in [3.8, 4) is 0 Å². The highest BCUT2D eigenvalue weighted by molar-refractivity contribution is 7.91. The summed E-state index contributed by atoms with van der Waals surface area (Å²) >= 11 is 0. The molecule has 0 spiro atoms. The second-order valence-electron chi connectivity index (χ2n) is 4.45. The number of carbonyl (C=O) groups excluding carboxylic acids is 1. The Bertz CT molecular complexity index is 556. The first-order valence-corrected chi connectivity index (χ1v) is 7.51. The molecule has 0 aromatic heterocycles. The zero-order valence-corrected chi connectivity index (χ0v) is 10.5. The lowest BCUT2D eigenvalue weighted by Crippen LogP contribution is -2.30. The Balaban J connectivity index is 1.89. The molecular formula is C12H14FNO3S. The largest absolute Gasteiger partial charge is 0.352 e. The highest BCUT2D eigenvalue weighted by Gasteiger charge is 2.32. The molecule has 0 radical (unpaired) electrons. The van der Waals surface area contributed by atoms with E-state index >= 15 is 0 Å². The van der Waals surface area contributed by atoms with Crippen LogP contribution in [0.2, 0.25) is 0 Å². The number of halogens is 1. The monoisotopic (exact) mass is 271 g/mol. The first kappa shape index (κ1) is 13.0. The van der Waals surface area contributed by atoms with E-state index in [-0.39, 0.29) is 29.8 Å². The molecule has 2 rings (SSSR count). The average molecular weight is 271 g/mol. The van der Waals surface area contributed by atoms with Crippen LogP contribution >= 0.6 is 0 Å². The maximum Gasteiger partial charge on any atom is 0.224 e. The molecule has 1 atom stereocenters. The Morgan fingerprint density at radius 1 is 1.44 bits per heavy atom. The number of rotatable bonds is 3. The average Bonchev–Trinajstić information content (AvgIpc) is 2.67. The summed E-state index contributed by atoms with van der Waals surface area (Å²) < 4.78 is 35.4. The van der Waals surface area contributed by atoms with Crippen LogP contribution in [0.1, 0.15) is 12.0 Å². The van der Waals surface area contributed by atoms with Gasteiger partial charge in [-0.15, -0.1) is 0 Å². The third kappa shape index (κ3) is 3.29. The summed E-state index contributed by atoms with van der Waals surface area (Å²) in [6, 6.07) is 5.94. The van der Waals surface area contributed by atoms with E-state index in [1.165, 1.54) is 12.1 Å². The smallest absolute Gasteiger partial charge is 0.224 e. The highest BCUT2D eigenvalue weighted by atomic mass is 32.2. The predicted octanol–water partition coefficient (Wildman–Crippen LogP) is 0.877. The van der Waals surface area contributed by atoms with Gasteiger partial charge in [-0.25, -0.2) is 12.8 Å². The van der Waals surface area contributed by atoms with E-state index in [4.69, 9.17) is 0 Å². The van der Waals surface area contributed by atoms with Gasteiger partial charge in [0.1, 0.15) is 5.82 Å². The van der Waals surface area contributed by atoms with Crippen LogP contribution in [0, 0.1) is 11.7 Å². The van der Waals surface area contributed by atoms with Gasteiger partial charge in [0.05, 0.1) is 17.4 Å². The summed E-state index contributed by atoms with van der Waals surface area (Å²) in [7, 11) is -3.05. The molecule has 0 saturated carbocycles. The molecule has 4 nitrogen and oxygen atoms in total. The van der Waals surface area contributed by atoms with Crippen LogP contribution in [0.3, 0.4) is 0 Å². The summed E-state index contributed by atoms with van der Waals surface area (Å²) in [5.74, 6) is -1.11. The van der Waals surface area contributed by atoms with Crippen LogP contribution in [-0.2, 0) is 21.2 Å². The number of hydrogen-bond donors (Lipinski definition) is 1. The van der Waals surface area contributed by atoms with Crippen LogP contribution in [0.4, 0.5) is 4.39 Å². The van der Waals surface area contributed by atoms with Crippen molar-refractivity contribution >= 4 is 15.7 Å². The molecule has 1 N–H and O–H groups in total. The summed E-state index contributed by atoms with van der Waals surface area (Å²) in [4.78, 5) is 11.7. The van der Waals surface area contributed by atoms with E-state index in [1.807, 2.05) is 0 Å². The van der Waals surface area contributed by atoms with Crippen LogP contribution in [-0.4, -0.2) is 25.8 Å². The van der Waals surface area contributed by atoms with Crippen molar-refractivity contribution in [2.75, 3.05) is 11.5 Å². The van der Waals surface area contributed by atoms with Crippen molar-refractivity contribution in [3.05, 3.63) is 35.6 Å². The number of amides is 1. The number of nitrogens with one attached hydrogen (secondary N) is 1. The Kier molecular flexibility index (Phi) is 3.65. The van der Waals surface area contributed by atoms with Gasteiger partial charge in [0.15, 0.2) is 9.84 Å². The van der Waals surface area contributed by atoms with Gasteiger partial charge in [0, 0.05) is 6.54 Å². The minimum absolute atomic E-state index is 0.0745. The normalized spacial score (nSPS) is 21.7. The number of sulfone groups is 1. The number of hydrogen-bond acceptors (Lipinski definition) is 3. The molecule has 18 heavy (non-hydrogen) atoms. The lowest BCUT2D eigenvalue weighted by molar-refractivity contribution is -0.124. The number of benzene rings is 1. The van der Waals surface area contributed by atoms with Crippen LogP contribution in [0.25, 0.3) is 0 Å². The van der Waals surface area contributed by atoms with Crippen LogP contribution < -0.4 is 5.32 Å². The van der Waals surface area contributed by atoms with Crippen LogP contribution in [0.15, 0.2) is 24.3 Å². The van der Waals surface area contributed by atoms with E-state index in [0.717, 1.165) is 0 Å². The number of carbonyl (C=O) groups is 1. The second kappa shape index (κ2) is 5.06. The lowest BCUT2D eigenvalue weighted by Gasteiger charge is -2.09. The second-order valence-corrected chi connectivity index (χ2v) is 6.68. The maximum atomic E-state index is 12.9. The topological polar surface area (TPSA) is 63.2 Å². The molecule has 1 amide bonds. The van der Waals surface area contributed by atoms with Gasteiger partial charge in [-0.1, -0.05) is 12.1 Å². The molecule has 1 aromatic carbocycles. The van der Waals surface area contributed by atoms with Crippen molar-refractivity contribution in [2.45, 2.75) is 13.0 Å². The molecule has 0 aliphatic carbocycles. The molecular weight excluding hydrogens is 257 g/mol. The quantitative estimate of drug-likeness (QED) is 0.887.